The highest BCUT2D eigenvalue weighted by atomic mass is 19.1. The van der Waals surface area contributed by atoms with E-state index in [0.717, 1.165) is 5.56 Å². The van der Waals surface area contributed by atoms with Crippen molar-refractivity contribution in [2.45, 2.75) is 6.54 Å². The number of rotatable bonds is 4. The first-order valence-electron chi connectivity index (χ1n) is 5.11. The zero-order valence-corrected chi connectivity index (χ0v) is 9.37. The van der Waals surface area contributed by atoms with Crippen LogP contribution in [0.4, 0.5) is 21.5 Å². The van der Waals surface area contributed by atoms with Gasteiger partial charge in [0.2, 0.25) is 0 Å². The summed E-state index contributed by atoms with van der Waals surface area (Å²) in [5.74, 6) is -0.546. The van der Waals surface area contributed by atoms with Crippen molar-refractivity contribution in [3.8, 4) is 0 Å². The Kier molecular flexibility index (Phi) is 2.93. The Hall–Kier alpha value is -2.50. The van der Waals surface area contributed by atoms with Crippen molar-refractivity contribution < 1.29 is 4.39 Å². The second-order valence-electron chi connectivity index (χ2n) is 3.77. The first-order valence-corrected chi connectivity index (χ1v) is 5.11. The lowest BCUT2D eigenvalue weighted by atomic mass is 10.1. The lowest BCUT2D eigenvalue weighted by Crippen LogP contribution is -2.36. The summed E-state index contributed by atoms with van der Waals surface area (Å²) >= 11 is 0. The van der Waals surface area contributed by atoms with Gasteiger partial charge in [-0.2, -0.15) is 0 Å². The summed E-state index contributed by atoms with van der Waals surface area (Å²) in [6.07, 6.45) is 0. The summed E-state index contributed by atoms with van der Waals surface area (Å²) < 4.78 is 13.5. The Morgan fingerprint density at radius 2 is 2.06 bits per heavy atom. The molecule has 2 aromatic rings. The molecule has 0 aliphatic carbocycles. The van der Waals surface area contributed by atoms with E-state index in [1.165, 1.54) is 12.1 Å². The Labute approximate surface area is 101 Å². The van der Waals surface area contributed by atoms with Crippen LogP contribution in [0.15, 0.2) is 32.8 Å². The molecule has 6 heteroatoms. The van der Waals surface area contributed by atoms with Gasteiger partial charge in [0, 0.05) is 0 Å². The van der Waals surface area contributed by atoms with E-state index in [9.17, 15) is 14.0 Å². The van der Waals surface area contributed by atoms with Gasteiger partial charge in [-0.05, 0) is 24.4 Å². The van der Waals surface area contributed by atoms with Crippen molar-refractivity contribution in [3.63, 3.8) is 0 Å². The number of benzene rings is 1. The number of hydrogen-bond donors (Lipinski definition) is 2. The smallest absolute Gasteiger partial charge is 0.253 e. The first kappa shape index (κ1) is 12.0. The summed E-state index contributed by atoms with van der Waals surface area (Å²) in [7, 11) is 0. The van der Waals surface area contributed by atoms with Crippen LogP contribution in [0.3, 0.4) is 0 Å². The maximum atomic E-state index is 13.5. The molecule has 0 atom stereocenters. The quantitative estimate of drug-likeness (QED) is 0.622. The number of nitrogens with two attached hydrogens (primary N) is 1. The van der Waals surface area contributed by atoms with E-state index in [1.807, 2.05) is 0 Å². The number of hydrogen-bond acceptors (Lipinski definition) is 5. The fourth-order valence-corrected chi connectivity index (χ4v) is 1.56. The van der Waals surface area contributed by atoms with Gasteiger partial charge in [-0.1, -0.05) is 6.07 Å². The molecule has 0 radical (unpaired) electrons. The third-order valence-electron chi connectivity index (χ3n) is 2.53. The van der Waals surface area contributed by atoms with Gasteiger partial charge in [0.1, 0.15) is 17.2 Å². The lowest BCUT2D eigenvalue weighted by molar-refractivity contribution is 0.631. The molecule has 0 heterocycles. The standard InChI is InChI=1S/C12H10FN3O2/c1-15-5-6-2-3-7(13)8(4-6)16-10-9(14)11(17)12(10)18/h2-4,16H,1,5,14H2. The second kappa shape index (κ2) is 4.40. The summed E-state index contributed by atoms with van der Waals surface area (Å²) in [6, 6.07) is 4.28. The molecule has 0 amide bonds. The molecule has 0 saturated heterocycles. The minimum atomic E-state index is -0.748. The summed E-state index contributed by atoms with van der Waals surface area (Å²) in [6.45, 7) is 3.67. The predicted molar refractivity (Wildman–Crippen MR) is 68.7 cm³/mol. The van der Waals surface area contributed by atoms with Crippen LogP contribution in [0.25, 0.3) is 0 Å². The topological polar surface area (TPSA) is 84.5 Å². The molecular formula is C12H10FN3O2. The van der Waals surface area contributed by atoms with Gasteiger partial charge in [0.25, 0.3) is 10.9 Å². The predicted octanol–water partition coefficient (Wildman–Crippen LogP) is 0.948. The van der Waals surface area contributed by atoms with Gasteiger partial charge in [0.15, 0.2) is 0 Å². The SMILES string of the molecule is C=NCc1ccc(F)c(Nc2c(N)c(=O)c2=O)c1. The van der Waals surface area contributed by atoms with Crippen molar-refractivity contribution in [2.24, 2.45) is 4.99 Å². The zero-order valence-electron chi connectivity index (χ0n) is 9.37. The molecule has 18 heavy (non-hydrogen) atoms. The number of nitrogens with zero attached hydrogens (tertiary/aromatic N) is 1. The van der Waals surface area contributed by atoms with E-state index < -0.39 is 16.7 Å². The van der Waals surface area contributed by atoms with E-state index in [2.05, 4.69) is 17.0 Å². The van der Waals surface area contributed by atoms with Crippen LogP contribution < -0.4 is 21.9 Å². The van der Waals surface area contributed by atoms with Crippen LogP contribution in [0.2, 0.25) is 0 Å². The Morgan fingerprint density at radius 3 is 2.67 bits per heavy atom. The van der Waals surface area contributed by atoms with Crippen LogP contribution in [0, 0.1) is 5.82 Å². The number of anilines is 3. The van der Waals surface area contributed by atoms with E-state index in [-0.39, 0.29) is 17.1 Å². The average Bonchev–Trinajstić information content (AvgIpc) is 2.38. The summed E-state index contributed by atoms with van der Waals surface area (Å²) in [4.78, 5) is 25.8. The minimum absolute atomic E-state index is 0.0670. The monoisotopic (exact) mass is 247 g/mol. The van der Waals surface area contributed by atoms with E-state index in [4.69, 9.17) is 5.73 Å². The third-order valence-corrected chi connectivity index (χ3v) is 2.53. The Bertz CT molecular complexity index is 687. The van der Waals surface area contributed by atoms with Gasteiger partial charge in [-0.3, -0.25) is 14.6 Å². The normalized spacial score (nSPS) is 10.5. The average molecular weight is 247 g/mol. The van der Waals surface area contributed by atoms with E-state index in [0.29, 0.717) is 6.54 Å². The Morgan fingerprint density at radius 1 is 1.33 bits per heavy atom. The molecule has 92 valence electrons. The van der Waals surface area contributed by atoms with Crippen molar-refractivity contribution in [1.82, 2.24) is 0 Å². The van der Waals surface area contributed by atoms with Gasteiger partial charge < -0.3 is 11.1 Å². The van der Waals surface area contributed by atoms with E-state index in [1.54, 1.807) is 6.07 Å². The highest BCUT2D eigenvalue weighted by Crippen LogP contribution is 2.22. The molecule has 3 N–H and O–H groups in total. The maximum absolute atomic E-state index is 13.5. The van der Waals surface area contributed by atoms with Crippen LogP contribution in [0.5, 0.6) is 0 Å². The maximum Gasteiger partial charge on any atom is 0.253 e. The summed E-state index contributed by atoms with van der Waals surface area (Å²) in [5, 5.41) is 2.52. The molecule has 0 aromatic heterocycles. The largest absolute Gasteiger partial charge is 0.394 e. The van der Waals surface area contributed by atoms with Crippen LogP contribution in [-0.2, 0) is 6.54 Å². The van der Waals surface area contributed by atoms with Crippen molar-refractivity contribution >= 4 is 23.8 Å². The molecule has 0 spiro atoms. The summed E-state index contributed by atoms with van der Waals surface area (Å²) in [5.41, 5.74) is 4.43. The van der Waals surface area contributed by atoms with Crippen LogP contribution in [0.1, 0.15) is 5.56 Å². The lowest BCUT2D eigenvalue weighted by Gasteiger charge is -2.11. The number of aliphatic imine (C=N–C) groups is 1. The fraction of sp³-hybridized carbons (Fsp3) is 0.0833. The first-order chi connectivity index (χ1) is 8.54. The molecule has 2 rings (SSSR count). The Balaban J connectivity index is 2.34. The minimum Gasteiger partial charge on any atom is -0.394 e. The van der Waals surface area contributed by atoms with Crippen LogP contribution in [-0.4, -0.2) is 6.72 Å². The van der Waals surface area contributed by atoms with Crippen molar-refractivity contribution in [2.75, 3.05) is 11.1 Å². The molecule has 0 bridgehead atoms. The highest BCUT2D eigenvalue weighted by Gasteiger charge is 2.19. The van der Waals surface area contributed by atoms with Crippen molar-refractivity contribution in [1.29, 1.82) is 0 Å². The molecule has 0 unspecified atom stereocenters. The van der Waals surface area contributed by atoms with Gasteiger partial charge in [-0.25, -0.2) is 4.39 Å². The molecule has 0 fully saturated rings. The van der Waals surface area contributed by atoms with E-state index >= 15 is 0 Å². The van der Waals surface area contributed by atoms with Crippen molar-refractivity contribution in [3.05, 3.63) is 50.0 Å². The molecular weight excluding hydrogens is 237 g/mol. The van der Waals surface area contributed by atoms with Gasteiger partial charge >= 0.3 is 0 Å². The van der Waals surface area contributed by atoms with Crippen LogP contribution >= 0.6 is 0 Å². The number of nitrogens with one attached hydrogen (secondary N) is 1. The fourth-order valence-electron chi connectivity index (χ4n) is 1.56. The van der Waals surface area contributed by atoms with Gasteiger partial charge in [0.05, 0.1) is 12.2 Å². The molecule has 5 nitrogen and oxygen atoms in total. The molecule has 2 aromatic carbocycles. The number of halogens is 1. The molecule has 0 aliphatic rings. The highest BCUT2D eigenvalue weighted by molar-refractivity contribution is 5.76. The number of nitrogen functional groups attached to an aromatic ring is 1. The molecule has 0 saturated carbocycles. The van der Waals surface area contributed by atoms with Gasteiger partial charge in [-0.15, -0.1) is 0 Å². The zero-order chi connectivity index (χ0) is 13.3. The second-order valence-corrected chi connectivity index (χ2v) is 3.77. The molecule has 0 aliphatic heterocycles. The third kappa shape index (κ3) is 1.88.